The lowest BCUT2D eigenvalue weighted by atomic mass is 10.0. The minimum atomic E-state index is -0.0499. The molecule has 4 N–H and O–H groups in total. The molecule has 0 unspecified atom stereocenters. The molecular formula is C14H22N4O. The zero-order chi connectivity index (χ0) is 14.3. The van der Waals surface area contributed by atoms with E-state index in [9.17, 15) is 0 Å². The topological polar surface area (TPSA) is 86.0 Å². The van der Waals surface area contributed by atoms with Gasteiger partial charge in [0.05, 0.1) is 12.8 Å². The molecule has 0 bridgehead atoms. The van der Waals surface area contributed by atoms with Gasteiger partial charge < -0.3 is 16.2 Å². The Labute approximate surface area is 114 Å². The number of nitrogens with zero attached hydrogens (tertiary/aromatic N) is 2. The van der Waals surface area contributed by atoms with Crippen LogP contribution in [0.2, 0.25) is 0 Å². The van der Waals surface area contributed by atoms with Crippen LogP contribution in [-0.4, -0.2) is 18.8 Å². The van der Waals surface area contributed by atoms with Crippen LogP contribution in [0.25, 0.3) is 0 Å². The standard InChI is InChI=1S/C14H22N4O/c1-4-5-6-19-12-7-10(2)13(11(3)8-12)9-17-18-14(15)16/h7-9H,4-6H2,1-3H3,(H4,15,16,18). The first kappa shape index (κ1) is 15.0. The summed E-state index contributed by atoms with van der Waals surface area (Å²) in [5, 5.41) is 7.44. The van der Waals surface area contributed by atoms with Crippen LogP contribution in [0, 0.1) is 13.8 Å². The molecule has 0 amide bonds. The maximum atomic E-state index is 5.69. The first-order chi connectivity index (χ1) is 9.04. The van der Waals surface area contributed by atoms with Crippen molar-refractivity contribution < 1.29 is 4.74 Å². The molecule has 0 saturated heterocycles. The summed E-state index contributed by atoms with van der Waals surface area (Å²) in [6.07, 6.45) is 3.84. The number of benzene rings is 1. The highest BCUT2D eigenvalue weighted by molar-refractivity contribution is 5.85. The second-order valence-corrected chi connectivity index (χ2v) is 4.44. The molecule has 5 nitrogen and oxygen atoms in total. The van der Waals surface area contributed by atoms with Crippen LogP contribution < -0.4 is 16.2 Å². The third-order valence-electron chi connectivity index (χ3n) is 2.69. The van der Waals surface area contributed by atoms with Crippen molar-refractivity contribution in [2.75, 3.05) is 6.61 Å². The monoisotopic (exact) mass is 262 g/mol. The Balaban J connectivity index is 2.85. The quantitative estimate of drug-likeness (QED) is 0.356. The Hall–Kier alpha value is -2.04. The van der Waals surface area contributed by atoms with Crippen molar-refractivity contribution in [3.63, 3.8) is 0 Å². The van der Waals surface area contributed by atoms with Crippen LogP contribution in [0.3, 0.4) is 0 Å². The number of hydrogen-bond acceptors (Lipinski definition) is 3. The summed E-state index contributed by atoms with van der Waals surface area (Å²) in [5.41, 5.74) is 13.6. The van der Waals surface area contributed by atoms with Crippen molar-refractivity contribution in [3.05, 3.63) is 28.8 Å². The van der Waals surface area contributed by atoms with Crippen molar-refractivity contribution in [2.24, 2.45) is 21.7 Å². The van der Waals surface area contributed by atoms with Gasteiger partial charge in [-0.05, 0) is 43.5 Å². The van der Waals surface area contributed by atoms with Gasteiger partial charge in [-0.25, -0.2) is 0 Å². The molecule has 0 heterocycles. The Morgan fingerprint density at radius 1 is 1.26 bits per heavy atom. The summed E-state index contributed by atoms with van der Waals surface area (Å²) in [6.45, 7) is 6.91. The van der Waals surface area contributed by atoms with Crippen molar-refractivity contribution in [3.8, 4) is 5.75 Å². The van der Waals surface area contributed by atoms with Crippen molar-refractivity contribution in [1.29, 1.82) is 0 Å². The second-order valence-electron chi connectivity index (χ2n) is 4.44. The molecule has 1 aromatic rings. The maximum absolute atomic E-state index is 5.69. The first-order valence-corrected chi connectivity index (χ1v) is 6.40. The molecule has 0 atom stereocenters. The Morgan fingerprint density at radius 3 is 2.42 bits per heavy atom. The second kappa shape index (κ2) is 7.41. The molecule has 0 fully saturated rings. The fraction of sp³-hybridized carbons (Fsp3) is 0.429. The van der Waals surface area contributed by atoms with Crippen molar-refractivity contribution in [2.45, 2.75) is 33.6 Å². The Bertz CT molecular complexity index is 453. The van der Waals surface area contributed by atoms with E-state index >= 15 is 0 Å². The number of guanidine groups is 1. The van der Waals surface area contributed by atoms with Gasteiger partial charge in [-0.2, -0.15) is 5.10 Å². The van der Waals surface area contributed by atoms with E-state index in [-0.39, 0.29) is 5.96 Å². The van der Waals surface area contributed by atoms with E-state index in [0.29, 0.717) is 0 Å². The average molecular weight is 262 g/mol. The highest BCUT2D eigenvalue weighted by Gasteiger charge is 2.04. The zero-order valence-corrected chi connectivity index (χ0v) is 11.8. The van der Waals surface area contributed by atoms with Gasteiger partial charge in [-0.15, -0.1) is 5.10 Å². The van der Waals surface area contributed by atoms with Crippen LogP contribution in [0.4, 0.5) is 0 Å². The van der Waals surface area contributed by atoms with Crippen LogP contribution in [-0.2, 0) is 0 Å². The van der Waals surface area contributed by atoms with E-state index in [2.05, 4.69) is 17.1 Å². The fourth-order valence-corrected chi connectivity index (χ4v) is 1.71. The summed E-state index contributed by atoms with van der Waals surface area (Å²) in [5.74, 6) is 0.841. The average Bonchev–Trinajstić information content (AvgIpc) is 2.32. The third-order valence-corrected chi connectivity index (χ3v) is 2.69. The molecule has 1 aromatic carbocycles. The number of nitrogens with two attached hydrogens (primary N) is 2. The first-order valence-electron chi connectivity index (χ1n) is 6.40. The summed E-state index contributed by atoms with van der Waals surface area (Å²) in [4.78, 5) is 0. The number of unbranched alkanes of at least 4 members (excludes halogenated alkanes) is 1. The molecule has 19 heavy (non-hydrogen) atoms. The van der Waals surface area contributed by atoms with Gasteiger partial charge >= 0.3 is 0 Å². The Kier molecular flexibility index (Phi) is 5.85. The van der Waals surface area contributed by atoms with Crippen molar-refractivity contribution >= 4 is 12.2 Å². The van der Waals surface area contributed by atoms with E-state index in [1.54, 1.807) is 6.21 Å². The molecule has 0 spiro atoms. The minimum Gasteiger partial charge on any atom is -0.494 e. The molecule has 0 radical (unpaired) electrons. The molecule has 1 rings (SSSR count). The van der Waals surface area contributed by atoms with Gasteiger partial charge in [-0.1, -0.05) is 13.3 Å². The Morgan fingerprint density at radius 2 is 1.89 bits per heavy atom. The lowest BCUT2D eigenvalue weighted by molar-refractivity contribution is 0.309. The van der Waals surface area contributed by atoms with E-state index in [1.165, 1.54) is 0 Å². The molecule has 0 saturated carbocycles. The van der Waals surface area contributed by atoms with Gasteiger partial charge in [0.1, 0.15) is 5.75 Å². The molecule has 0 aromatic heterocycles. The molecule has 0 aliphatic heterocycles. The van der Waals surface area contributed by atoms with Crippen LogP contribution in [0.5, 0.6) is 5.75 Å². The summed E-state index contributed by atoms with van der Waals surface area (Å²) in [7, 11) is 0. The van der Waals surface area contributed by atoms with Gasteiger partial charge in [0, 0.05) is 5.56 Å². The SMILES string of the molecule is CCCCOc1cc(C)c(C=NN=C(N)N)c(C)c1. The minimum absolute atomic E-state index is 0.0499. The molecule has 0 aliphatic carbocycles. The van der Waals surface area contributed by atoms with Crippen LogP contribution >= 0.6 is 0 Å². The number of hydrogen-bond donors (Lipinski definition) is 2. The molecule has 104 valence electrons. The predicted octanol–water partition coefficient (Wildman–Crippen LogP) is 2.09. The highest BCUT2D eigenvalue weighted by Crippen LogP contribution is 2.21. The van der Waals surface area contributed by atoms with Crippen LogP contribution in [0.15, 0.2) is 22.3 Å². The number of ether oxygens (including phenoxy) is 1. The fourth-order valence-electron chi connectivity index (χ4n) is 1.71. The summed E-state index contributed by atoms with van der Waals surface area (Å²) < 4.78 is 5.69. The lowest BCUT2D eigenvalue weighted by Crippen LogP contribution is -2.21. The number of aryl methyl sites for hydroxylation is 2. The molecular weight excluding hydrogens is 240 g/mol. The van der Waals surface area contributed by atoms with Gasteiger partial charge in [-0.3, -0.25) is 0 Å². The van der Waals surface area contributed by atoms with E-state index < -0.39 is 0 Å². The van der Waals surface area contributed by atoms with E-state index in [4.69, 9.17) is 16.2 Å². The van der Waals surface area contributed by atoms with E-state index in [1.807, 2.05) is 26.0 Å². The number of rotatable bonds is 6. The zero-order valence-electron chi connectivity index (χ0n) is 11.8. The largest absolute Gasteiger partial charge is 0.494 e. The highest BCUT2D eigenvalue weighted by atomic mass is 16.5. The summed E-state index contributed by atoms with van der Waals surface area (Å²) in [6, 6.07) is 4.00. The normalized spacial score (nSPS) is 10.7. The third kappa shape index (κ3) is 4.99. The smallest absolute Gasteiger partial charge is 0.211 e. The summed E-state index contributed by atoms with van der Waals surface area (Å²) >= 11 is 0. The molecule has 0 aliphatic rings. The van der Waals surface area contributed by atoms with Gasteiger partial charge in [0.25, 0.3) is 0 Å². The van der Waals surface area contributed by atoms with Crippen LogP contribution in [0.1, 0.15) is 36.5 Å². The van der Waals surface area contributed by atoms with Gasteiger partial charge in [0.15, 0.2) is 0 Å². The predicted molar refractivity (Wildman–Crippen MR) is 79.7 cm³/mol. The lowest BCUT2D eigenvalue weighted by Gasteiger charge is -2.10. The van der Waals surface area contributed by atoms with E-state index in [0.717, 1.165) is 41.9 Å². The van der Waals surface area contributed by atoms with Crippen molar-refractivity contribution in [1.82, 2.24) is 0 Å². The van der Waals surface area contributed by atoms with Gasteiger partial charge in [0.2, 0.25) is 5.96 Å². The molecule has 5 heteroatoms. The maximum Gasteiger partial charge on any atom is 0.211 e.